The maximum absolute atomic E-state index is 3.72. The van der Waals surface area contributed by atoms with Gasteiger partial charge in [-0.05, 0) is 44.1 Å². The summed E-state index contributed by atoms with van der Waals surface area (Å²) in [6.07, 6.45) is 12.9. The summed E-state index contributed by atoms with van der Waals surface area (Å²) in [5.41, 5.74) is 0. The van der Waals surface area contributed by atoms with Gasteiger partial charge in [0.15, 0.2) is 0 Å². The number of hydrogen-bond acceptors (Lipinski definition) is 1. The fourth-order valence-electron chi connectivity index (χ4n) is 3.42. The fraction of sp³-hybridized carbons (Fsp3) is 1.00. The molecule has 3 unspecified atom stereocenters. The Morgan fingerprint density at radius 1 is 1.00 bits per heavy atom. The minimum atomic E-state index is 0.824. The summed E-state index contributed by atoms with van der Waals surface area (Å²) in [7, 11) is 0. The normalized spacial score (nSPS) is 29.5. The van der Waals surface area contributed by atoms with Crippen LogP contribution in [0.3, 0.4) is 0 Å². The largest absolute Gasteiger partial charge is 0.314 e. The van der Waals surface area contributed by atoms with E-state index in [2.05, 4.69) is 26.1 Å². The quantitative estimate of drug-likeness (QED) is 0.602. The minimum Gasteiger partial charge on any atom is -0.314 e. The Morgan fingerprint density at radius 3 is 2.47 bits per heavy atom. The molecule has 0 aromatic heterocycles. The van der Waals surface area contributed by atoms with Gasteiger partial charge in [-0.1, -0.05) is 52.9 Å². The van der Waals surface area contributed by atoms with Crippen molar-refractivity contribution >= 4 is 0 Å². The van der Waals surface area contributed by atoms with Crippen molar-refractivity contribution in [2.45, 2.75) is 84.6 Å². The van der Waals surface area contributed by atoms with Crippen LogP contribution in [0.1, 0.15) is 78.6 Å². The Hall–Kier alpha value is -0.0400. The molecule has 1 fully saturated rings. The van der Waals surface area contributed by atoms with Crippen LogP contribution in [0, 0.1) is 11.8 Å². The average molecular weight is 239 g/mol. The van der Waals surface area contributed by atoms with Gasteiger partial charge < -0.3 is 5.32 Å². The lowest BCUT2D eigenvalue weighted by Gasteiger charge is -2.36. The Bertz CT molecular complexity index is 178. The Kier molecular flexibility index (Phi) is 7.92. The molecule has 1 aliphatic rings. The van der Waals surface area contributed by atoms with Crippen molar-refractivity contribution in [3.05, 3.63) is 0 Å². The summed E-state index contributed by atoms with van der Waals surface area (Å²) in [4.78, 5) is 0. The van der Waals surface area contributed by atoms with Crippen LogP contribution < -0.4 is 5.32 Å². The van der Waals surface area contributed by atoms with E-state index in [1.165, 1.54) is 57.8 Å². The standard InChI is InChI=1S/C16H33N/c1-4-7-8-9-10-15-13-14(5-2)11-12-16(15)17-6-3/h14-17H,4-13H2,1-3H3. The number of hydrogen-bond donors (Lipinski definition) is 1. The van der Waals surface area contributed by atoms with E-state index in [1.807, 2.05) is 0 Å². The molecule has 1 rings (SSSR count). The lowest BCUT2D eigenvalue weighted by Crippen LogP contribution is -2.40. The molecule has 0 radical (unpaired) electrons. The topological polar surface area (TPSA) is 12.0 Å². The summed E-state index contributed by atoms with van der Waals surface area (Å²) < 4.78 is 0. The molecule has 0 bridgehead atoms. The first-order valence-corrected chi connectivity index (χ1v) is 8.05. The van der Waals surface area contributed by atoms with Crippen LogP contribution in [0.25, 0.3) is 0 Å². The fourth-order valence-corrected chi connectivity index (χ4v) is 3.42. The summed E-state index contributed by atoms with van der Waals surface area (Å²) >= 11 is 0. The summed E-state index contributed by atoms with van der Waals surface area (Å²) in [6, 6.07) is 0.824. The highest BCUT2D eigenvalue weighted by molar-refractivity contribution is 4.84. The monoisotopic (exact) mass is 239 g/mol. The molecule has 0 aromatic carbocycles. The van der Waals surface area contributed by atoms with Gasteiger partial charge in [-0.3, -0.25) is 0 Å². The molecular weight excluding hydrogens is 206 g/mol. The second kappa shape index (κ2) is 8.97. The van der Waals surface area contributed by atoms with Crippen molar-refractivity contribution in [2.75, 3.05) is 6.54 Å². The third kappa shape index (κ3) is 5.42. The molecule has 1 heteroatoms. The molecule has 102 valence electrons. The molecule has 1 N–H and O–H groups in total. The summed E-state index contributed by atoms with van der Waals surface area (Å²) in [5.74, 6) is 1.98. The molecule has 0 aliphatic heterocycles. The van der Waals surface area contributed by atoms with Gasteiger partial charge in [-0.2, -0.15) is 0 Å². The van der Waals surface area contributed by atoms with Crippen LogP contribution in [0.5, 0.6) is 0 Å². The van der Waals surface area contributed by atoms with Crippen molar-refractivity contribution in [1.82, 2.24) is 5.32 Å². The molecule has 1 saturated carbocycles. The summed E-state index contributed by atoms with van der Waals surface area (Å²) in [6.45, 7) is 8.06. The first-order chi connectivity index (χ1) is 8.31. The van der Waals surface area contributed by atoms with Crippen LogP contribution in [-0.2, 0) is 0 Å². The predicted molar refractivity (Wildman–Crippen MR) is 77.3 cm³/mol. The van der Waals surface area contributed by atoms with Gasteiger partial charge in [0.05, 0.1) is 0 Å². The third-order valence-electron chi connectivity index (χ3n) is 4.56. The van der Waals surface area contributed by atoms with E-state index in [4.69, 9.17) is 0 Å². The average Bonchev–Trinajstić information content (AvgIpc) is 2.36. The zero-order chi connectivity index (χ0) is 12.5. The minimum absolute atomic E-state index is 0.824. The smallest absolute Gasteiger partial charge is 0.00954 e. The van der Waals surface area contributed by atoms with Gasteiger partial charge in [-0.15, -0.1) is 0 Å². The SMILES string of the molecule is CCCCCCC1CC(CC)CCC1NCC. The van der Waals surface area contributed by atoms with Crippen LogP contribution in [0.15, 0.2) is 0 Å². The first-order valence-electron chi connectivity index (χ1n) is 8.05. The van der Waals surface area contributed by atoms with Gasteiger partial charge in [0.25, 0.3) is 0 Å². The Balaban J connectivity index is 2.32. The van der Waals surface area contributed by atoms with Crippen molar-refractivity contribution in [2.24, 2.45) is 11.8 Å². The molecule has 1 aliphatic carbocycles. The number of rotatable bonds is 8. The van der Waals surface area contributed by atoms with Gasteiger partial charge >= 0.3 is 0 Å². The summed E-state index contributed by atoms with van der Waals surface area (Å²) in [5, 5.41) is 3.72. The third-order valence-corrected chi connectivity index (χ3v) is 4.56. The molecule has 0 heterocycles. The van der Waals surface area contributed by atoms with Gasteiger partial charge in [0.1, 0.15) is 0 Å². The van der Waals surface area contributed by atoms with Crippen LogP contribution in [-0.4, -0.2) is 12.6 Å². The lowest BCUT2D eigenvalue weighted by molar-refractivity contribution is 0.188. The highest BCUT2D eigenvalue weighted by Crippen LogP contribution is 2.34. The number of unbranched alkanes of at least 4 members (excludes halogenated alkanes) is 3. The maximum atomic E-state index is 3.72. The van der Waals surface area contributed by atoms with Crippen LogP contribution in [0.4, 0.5) is 0 Å². The predicted octanol–water partition coefficient (Wildman–Crippen LogP) is 4.76. The highest BCUT2D eigenvalue weighted by atomic mass is 14.9. The van der Waals surface area contributed by atoms with E-state index < -0.39 is 0 Å². The Morgan fingerprint density at radius 2 is 1.82 bits per heavy atom. The molecule has 3 atom stereocenters. The molecule has 0 aromatic rings. The first kappa shape index (κ1) is 15.0. The van der Waals surface area contributed by atoms with Gasteiger partial charge in [0.2, 0.25) is 0 Å². The van der Waals surface area contributed by atoms with Crippen molar-refractivity contribution in [3.63, 3.8) is 0 Å². The molecule has 0 spiro atoms. The second-order valence-corrected chi connectivity index (χ2v) is 5.86. The van der Waals surface area contributed by atoms with E-state index in [0.717, 1.165) is 24.4 Å². The number of nitrogens with one attached hydrogen (secondary N) is 1. The van der Waals surface area contributed by atoms with Crippen molar-refractivity contribution in [3.8, 4) is 0 Å². The zero-order valence-corrected chi connectivity index (χ0v) is 12.3. The van der Waals surface area contributed by atoms with Gasteiger partial charge in [0, 0.05) is 6.04 Å². The van der Waals surface area contributed by atoms with E-state index in [0.29, 0.717) is 0 Å². The van der Waals surface area contributed by atoms with Crippen LogP contribution >= 0.6 is 0 Å². The molecular formula is C16H33N. The van der Waals surface area contributed by atoms with E-state index >= 15 is 0 Å². The zero-order valence-electron chi connectivity index (χ0n) is 12.3. The van der Waals surface area contributed by atoms with E-state index in [-0.39, 0.29) is 0 Å². The molecule has 0 amide bonds. The maximum Gasteiger partial charge on any atom is 0.00954 e. The highest BCUT2D eigenvalue weighted by Gasteiger charge is 2.28. The van der Waals surface area contributed by atoms with Crippen LogP contribution in [0.2, 0.25) is 0 Å². The van der Waals surface area contributed by atoms with E-state index in [1.54, 1.807) is 0 Å². The van der Waals surface area contributed by atoms with Crippen molar-refractivity contribution in [1.29, 1.82) is 0 Å². The second-order valence-electron chi connectivity index (χ2n) is 5.86. The molecule has 17 heavy (non-hydrogen) atoms. The van der Waals surface area contributed by atoms with Gasteiger partial charge in [-0.25, -0.2) is 0 Å². The lowest BCUT2D eigenvalue weighted by atomic mass is 9.75. The molecule has 1 nitrogen and oxygen atoms in total. The Labute approximate surface area is 109 Å². The van der Waals surface area contributed by atoms with Crippen molar-refractivity contribution < 1.29 is 0 Å². The molecule has 0 saturated heterocycles. The van der Waals surface area contributed by atoms with E-state index in [9.17, 15) is 0 Å².